The topological polar surface area (TPSA) is 69.2 Å². The van der Waals surface area contributed by atoms with Gasteiger partial charge in [0.05, 0.1) is 17.5 Å². The summed E-state index contributed by atoms with van der Waals surface area (Å²) in [6.07, 6.45) is 2.40. The Morgan fingerprint density at radius 3 is 2.85 bits per heavy atom. The number of likely N-dealkylation sites (tertiary alicyclic amines) is 1. The number of hydrogen-bond acceptors (Lipinski definition) is 3. The van der Waals surface area contributed by atoms with Crippen molar-refractivity contribution >= 4 is 16.9 Å². The molecule has 1 aliphatic heterocycles. The number of para-hydroxylation sites is 1. The fraction of sp³-hybridized carbons (Fsp3) is 0.333. The van der Waals surface area contributed by atoms with Crippen molar-refractivity contribution in [2.24, 2.45) is 0 Å². The van der Waals surface area contributed by atoms with E-state index in [-0.39, 0.29) is 17.6 Å². The highest BCUT2D eigenvalue weighted by Crippen LogP contribution is 2.28. The number of aromatic hydroxyl groups is 1. The van der Waals surface area contributed by atoms with E-state index >= 15 is 0 Å². The van der Waals surface area contributed by atoms with Gasteiger partial charge in [0.2, 0.25) is 5.91 Å². The summed E-state index contributed by atoms with van der Waals surface area (Å²) in [5.41, 5.74) is 4.18. The van der Waals surface area contributed by atoms with Gasteiger partial charge in [-0.15, -0.1) is 0 Å². The van der Waals surface area contributed by atoms with Gasteiger partial charge in [-0.25, -0.2) is 4.98 Å². The molecule has 1 saturated heterocycles. The van der Waals surface area contributed by atoms with E-state index in [1.54, 1.807) is 24.3 Å². The smallest absolute Gasteiger partial charge is 0.227 e. The van der Waals surface area contributed by atoms with Gasteiger partial charge in [0.25, 0.3) is 0 Å². The zero-order valence-corrected chi connectivity index (χ0v) is 14.9. The zero-order chi connectivity index (χ0) is 18.1. The number of phenols is 1. The SMILES string of the molecule is Cc1cccc2[nH]c([C@@H]3CCCN(C(=O)Cc4ccc(O)cc4)C3)nc12. The highest BCUT2D eigenvalue weighted by molar-refractivity contribution is 5.80. The summed E-state index contributed by atoms with van der Waals surface area (Å²) in [5, 5.41) is 9.37. The van der Waals surface area contributed by atoms with Gasteiger partial charge in [-0.2, -0.15) is 0 Å². The summed E-state index contributed by atoms with van der Waals surface area (Å²) in [4.78, 5) is 22.9. The number of nitrogens with zero attached hydrogens (tertiary/aromatic N) is 2. The van der Waals surface area contributed by atoms with Crippen LogP contribution in [0.1, 0.15) is 35.7 Å². The van der Waals surface area contributed by atoms with Crippen LogP contribution in [0.25, 0.3) is 11.0 Å². The predicted molar refractivity (Wildman–Crippen MR) is 101 cm³/mol. The van der Waals surface area contributed by atoms with Crippen LogP contribution >= 0.6 is 0 Å². The van der Waals surface area contributed by atoms with Crippen molar-refractivity contribution in [3.8, 4) is 5.75 Å². The molecule has 2 heterocycles. The molecule has 2 N–H and O–H groups in total. The van der Waals surface area contributed by atoms with E-state index in [0.29, 0.717) is 13.0 Å². The monoisotopic (exact) mass is 349 g/mol. The molecule has 0 bridgehead atoms. The first-order chi connectivity index (χ1) is 12.6. The Morgan fingerprint density at radius 1 is 1.27 bits per heavy atom. The number of aryl methyl sites for hydroxylation is 1. The molecule has 0 aliphatic carbocycles. The minimum Gasteiger partial charge on any atom is -0.508 e. The van der Waals surface area contributed by atoms with Crippen LogP contribution in [0.4, 0.5) is 0 Å². The van der Waals surface area contributed by atoms with E-state index in [2.05, 4.69) is 24.0 Å². The molecule has 1 atom stereocenters. The van der Waals surface area contributed by atoms with Gasteiger partial charge in [-0.3, -0.25) is 4.79 Å². The van der Waals surface area contributed by atoms with Gasteiger partial charge >= 0.3 is 0 Å². The maximum atomic E-state index is 12.7. The second kappa shape index (κ2) is 6.83. The van der Waals surface area contributed by atoms with E-state index in [0.717, 1.165) is 41.8 Å². The van der Waals surface area contributed by atoms with Gasteiger partial charge in [0.15, 0.2) is 0 Å². The Bertz CT molecular complexity index is 930. The van der Waals surface area contributed by atoms with Crippen LogP contribution in [-0.4, -0.2) is 39.0 Å². The van der Waals surface area contributed by atoms with Gasteiger partial charge in [-0.05, 0) is 49.1 Å². The zero-order valence-electron chi connectivity index (χ0n) is 14.9. The van der Waals surface area contributed by atoms with Gasteiger partial charge in [0, 0.05) is 19.0 Å². The lowest BCUT2D eigenvalue weighted by Gasteiger charge is -2.32. The van der Waals surface area contributed by atoms with Crippen molar-refractivity contribution in [2.45, 2.75) is 32.1 Å². The highest BCUT2D eigenvalue weighted by Gasteiger charge is 2.26. The number of rotatable bonds is 3. The number of hydrogen-bond donors (Lipinski definition) is 2. The molecule has 0 radical (unpaired) electrons. The molecular formula is C21H23N3O2. The van der Waals surface area contributed by atoms with Crippen molar-refractivity contribution in [1.82, 2.24) is 14.9 Å². The number of benzene rings is 2. The average Bonchev–Trinajstić information content (AvgIpc) is 3.09. The first kappa shape index (κ1) is 16.6. The highest BCUT2D eigenvalue weighted by atomic mass is 16.3. The third-order valence-electron chi connectivity index (χ3n) is 5.19. The number of carbonyl (C=O) groups excluding carboxylic acids is 1. The van der Waals surface area contributed by atoms with Gasteiger partial charge in [0.1, 0.15) is 11.6 Å². The number of phenolic OH excluding ortho intramolecular Hbond substituents is 1. The molecule has 1 fully saturated rings. The largest absolute Gasteiger partial charge is 0.508 e. The standard InChI is InChI=1S/C21H23N3O2/c1-14-4-2-6-18-20(14)23-21(22-18)16-5-3-11-24(13-16)19(26)12-15-7-9-17(25)10-8-15/h2,4,6-10,16,25H,3,5,11-13H2,1H3,(H,22,23)/t16-/m1/s1. The van der Waals surface area contributed by atoms with Crippen LogP contribution in [-0.2, 0) is 11.2 Å². The Labute approximate surface area is 152 Å². The van der Waals surface area contributed by atoms with Crippen molar-refractivity contribution in [3.05, 3.63) is 59.4 Å². The van der Waals surface area contributed by atoms with Crippen LogP contribution in [0.3, 0.4) is 0 Å². The predicted octanol–water partition coefficient (Wildman–Crippen LogP) is 3.53. The molecule has 5 nitrogen and oxygen atoms in total. The van der Waals surface area contributed by atoms with Crippen molar-refractivity contribution < 1.29 is 9.90 Å². The number of aromatic amines is 1. The number of imidazole rings is 1. The number of aromatic nitrogens is 2. The number of carbonyl (C=O) groups is 1. The molecular weight excluding hydrogens is 326 g/mol. The molecule has 0 spiro atoms. The Hall–Kier alpha value is -2.82. The number of H-pyrrole nitrogens is 1. The number of piperidine rings is 1. The maximum Gasteiger partial charge on any atom is 0.227 e. The van der Waals surface area contributed by atoms with Crippen LogP contribution < -0.4 is 0 Å². The summed E-state index contributed by atoms with van der Waals surface area (Å²) in [7, 11) is 0. The molecule has 4 rings (SSSR count). The van der Waals surface area contributed by atoms with Crippen LogP contribution in [0.5, 0.6) is 5.75 Å². The van der Waals surface area contributed by atoms with E-state index in [9.17, 15) is 9.90 Å². The van der Waals surface area contributed by atoms with Gasteiger partial charge < -0.3 is 15.0 Å². The van der Waals surface area contributed by atoms with Gasteiger partial charge in [-0.1, -0.05) is 24.3 Å². The maximum absolute atomic E-state index is 12.7. The molecule has 134 valence electrons. The molecule has 1 amide bonds. The summed E-state index contributed by atoms with van der Waals surface area (Å²) < 4.78 is 0. The number of fused-ring (bicyclic) bond motifs is 1. The van der Waals surface area contributed by atoms with E-state index in [1.165, 1.54) is 5.56 Å². The Balaban J connectivity index is 1.48. The molecule has 0 unspecified atom stereocenters. The van der Waals surface area contributed by atoms with E-state index in [4.69, 9.17) is 4.98 Å². The first-order valence-corrected chi connectivity index (χ1v) is 9.11. The molecule has 2 aromatic carbocycles. The number of nitrogens with one attached hydrogen (secondary N) is 1. The van der Waals surface area contributed by atoms with E-state index in [1.807, 2.05) is 11.0 Å². The lowest BCUT2D eigenvalue weighted by atomic mass is 9.96. The number of amides is 1. The quantitative estimate of drug-likeness (QED) is 0.760. The Morgan fingerprint density at radius 2 is 2.08 bits per heavy atom. The molecule has 5 heteroatoms. The molecule has 1 aliphatic rings. The minimum absolute atomic E-state index is 0.132. The lowest BCUT2D eigenvalue weighted by Crippen LogP contribution is -2.40. The second-order valence-corrected chi connectivity index (χ2v) is 7.12. The molecule has 1 aromatic heterocycles. The van der Waals surface area contributed by atoms with Crippen LogP contribution in [0, 0.1) is 6.92 Å². The normalized spacial score (nSPS) is 17.6. The molecule has 26 heavy (non-hydrogen) atoms. The van der Waals surface area contributed by atoms with Crippen molar-refractivity contribution in [2.75, 3.05) is 13.1 Å². The Kier molecular flexibility index (Phi) is 4.37. The summed E-state index contributed by atoms with van der Waals surface area (Å²) in [5.74, 6) is 1.59. The third-order valence-corrected chi connectivity index (χ3v) is 5.19. The summed E-state index contributed by atoms with van der Waals surface area (Å²) in [6.45, 7) is 3.57. The third kappa shape index (κ3) is 3.29. The summed E-state index contributed by atoms with van der Waals surface area (Å²) in [6, 6.07) is 13.0. The van der Waals surface area contributed by atoms with Crippen LogP contribution in [0.2, 0.25) is 0 Å². The minimum atomic E-state index is 0.132. The first-order valence-electron chi connectivity index (χ1n) is 9.11. The van der Waals surface area contributed by atoms with E-state index < -0.39 is 0 Å². The molecule has 3 aromatic rings. The second-order valence-electron chi connectivity index (χ2n) is 7.12. The fourth-order valence-electron chi connectivity index (χ4n) is 3.72. The lowest BCUT2D eigenvalue weighted by molar-refractivity contribution is -0.131. The average molecular weight is 349 g/mol. The van der Waals surface area contributed by atoms with Crippen molar-refractivity contribution in [1.29, 1.82) is 0 Å². The molecule has 0 saturated carbocycles. The van der Waals surface area contributed by atoms with Crippen molar-refractivity contribution in [3.63, 3.8) is 0 Å². The summed E-state index contributed by atoms with van der Waals surface area (Å²) >= 11 is 0. The fourth-order valence-corrected chi connectivity index (χ4v) is 3.72. The van der Waals surface area contributed by atoms with Crippen LogP contribution in [0.15, 0.2) is 42.5 Å².